The molecule has 2 aromatic rings. The minimum atomic E-state index is -0.752. The van der Waals surface area contributed by atoms with Gasteiger partial charge < -0.3 is 45.2 Å². The van der Waals surface area contributed by atoms with Crippen LogP contribution in [0.3, 0.4) is 0 Å². The number of esters is 2. The zero-order valence-corrected chi connectivity index (χ0v) is 29.0. The number of carbonyl (C=O) groups excluding carboxylic acids is 2. The van der Waals surface area contributed by atoms with Gasteiger partial charge in [-0.2, -0.15) is 0 Å². The van der Waals surface area contributed by atoms with Gasteiger partial charge in [-0.3, -0.25) is 0 Å². The molecule has 0 bridgehead atoms. The maximum absolute atomic E-state index is 12.9. The highest BCUT2D eigenvalue weighted by Gasteiger charge is 2.39. The van der Waals surface area contributed by atoms with Gasteiger partial charge in [-0.1, -0.05) is 55.8 Å². The van der Waals surface area contributed by atoms with Crippen LogP contribution in [0, 0.1) is 0 Å². The number of aliphatic hydroxyl groups excluding tert-OH is 1. The summed E-state index contributed by atoms with van der Waals surface area (Å²) in [4.78, 5) is 25.5. The number of carbonyl (C=O) groups is 2. The minimum Gasteiger partial charge on any atom is -0.491 e. The molecule has 2 unspecified atom stereocenters. The third-order valence-electron chi connectivity index (χ3n) is 6.99. The van der Waals surface area contributed by atoms with Crippen molar-refractivity contribution < 1.29 is 38.4 Å². The second kappa shape index (κ2) is 21.4. The second-order valence-corrected chi connectivity index (χ2v) is 11.4. The molecular formula is C35H50ClN3O8. The lowest BCUT2D eigenvalue weighted by atomic mass is 9.80. The third-order valence-corrected chi connectivity index (χ3v) is 7.34. The quantitative estimate of drug-likeness (QED) is 0.143. The summed E-state index contributed by atoms with van der Waals surface area (Å²) in [5, 5.41) is 16.4. The van der Waals surface area contributed by atoms with Crippen molar-refractivity contribution in [3.8, 4) is 5.75 Å². The van der Waals surface area contributed by atoms with Crippen LogP contribution >= 0.6 is 11.6 Å². The van der Waals surface area contributed by atoms with E-state index >= 15 is 0 Å². The molecule has 11 nitrogen and oxygen atoms in total. The van der Waals surface area contributed by atoms with E-state index in [4.69, 9.17) is 41.0 Å². The lowest BCUT2D eigenvalue weighted by molar-refractivity contribution is -0.139. The van der Waals surface area contributed by atoms with E-state index in [1.165, 1.54) is 12.7 Å². The van der Waals surface area contributed by atoms with Crippen molar-refractivity contribution >= 4 is 23.5 Å². The Bertz CT molecular complexity index is 1330. The van der Waals surface area contributed by atoms with Crippen molar-refractivity contribution in [3.05, 3.63) is 87.2 Å². The van der Waals surface area contributed by atoms with E-state index in [1.54, 1.807) is 45.2 Å². The smallest absolute Gasteiger partial charge is 0.336 e. The Morgan fingerprint density at radius 3 is 2.34 bits per heavy atom. The summed E-state index contributed by atoms with van der Waals surface area (Å²) < 4.78 is 26.4. The van der Waals surface area contributed by atoms with Crippen LogP contribution in [-0.4, -0.2) is 89.5 Å². The van der Waals surface area contributed by atoms with Crippen molar-refractivity contribution in [1.82, 2.24) is 10.6 Å². The molecule has 47 heavy (non-hydrogen) atoms. The summed E-state index contributed by atoms with van der Waals surface area (Å²) in [5.41, 5.74) is 8.92. The number of halogens is 1. The summed E-state index contributed by atoms with van der Waals surface area (Å²) in [5.74, 6) is -1.08. The number of nitrogens with two attached hydrogens (primary N) is 1. The standard InChI is InChI=1S/C20H25ClN2O5.C15H25NO3/c1-4-28-20(25)18-15(11-27-10-9-22)23-12(2)16(19(24)26-3)17(18)13-7-5-6-8-14(13)21;1-12(2)16-10-14(17)11-19-15-6-4-13(5-7-15)8-9-18-3/h5-8,17,23H,4,9-11,22H2,1-3H3;4-7,12,14,16-17H,8-11H2,1-3H3. The first kappa shape index (κ1) is 39.7. The van der Waals surface area contributed by atoms with E-state index in [0.29, 0.717) is 59.9 Å². The van der Waals surface area contributed by atoms with Gasteiger partial charge in [0.05, 0.1) is 56.3 Å². The molecule has 3 rings (SSSR count). The van der Waals surface area contributed by atoms with Gasteiger partial charge in [-0.15, -0.1) is 0 Å². The average molecular weight is 676 g/mol. The molecule has 2 atom stereocenters. The lowest BCUT2D eigenvalue weighted by Gasteiger charge is -2.31. The fourth-order valence-electron chi connectivity index (χ4n) is 4.71. The molecule has 12 heteroatoms. The van der Waals surface area contributed by atoms with Crippen molar-refractivity contribution in [2.75, 3.05) is 60.3 Å². The van der Waals surface area contributed by atoms with Crippen LogP contribution in [0.1, 0.15) is 44.7 Å². The topological polar surface area (TPSA) is 151 Å². The first-order valence-corrected chi connectivity index (χ1v) is 16.1. The molecule has 0 spiro atoms. The van der Waals surface area contributed by atoms with E-state index < -0.39 is 24.0 Å². The van der Waals surface area contributed by atoms with Gasteiger partial charge >= 0.3 is 11.9 Å². The van der Waals surface area contributed by atoms with Crippen LogP contribution in [0.25, 0.3) is 0 Å². The average Bonchev–Trinajstić information content (AvgIpc) is 3.06. The van der Waals surface area contributed by atoms with E-state index in [0.717, 1.165) is 18.8 Å². The number of dihydropyridines is 1. The molecule has 0 fully saturated rings. The van der Waals surface area contributed by atoms with Gasteiger partial charge in [-0.25, -0.2) is 9.59 Å². The fourth-order valence-corrected chi connectivity index (χ4v) is 4.96. The summed E-state index contributed by atoms with van der Waals surface area (Å²) >= 11 is 6.42. The molecule has 0 saturated heterocycles. The maximum Gasteiger partial charge on any atom is 0.336 e. The Kier molecular flexibility index (Phi) is 18.1. The van der Waals surface area contributed by atoms with Gasteiger partial charge in [0.1, 0.15) is 18.5 Å². The Hall–Kier alpha value is -3.45. The highest BCUT2D eigenvalue weighted by Crippen LogP contribution is 2.41. The Morgan fingerprint density at radius 2 is 1.74 bits per heavy atom. The van der Waals surface area contributed by atoms with Gasteiger partial charge in [0.15, 0.2) is 0 Å². The van der Waals surface area contributed by atoms with Crippen LogP contribution in [-0.2, 0) is 35.0 Å². The van der Waals surface area contributed by atoms with Gasteiger partial charge in [0.2, 0.25) is 0 Å². The van der Waals surface area contributed by atoms with E-state index in [1.807, 2.05) is 38.1 Å². The highest BCUT2D eigenvalue weighted by atomic mass is 35.5. The third kappa shape index (κ3) is 12.9. The molecule has 1 heterocycles. The molecule has 0 amide bonds. The number of hydrogen-bond acceptors (Lipinski definition) is 11. The first-order valence-electron chi connectivity index (χ1n) is 15.7. The number of benzene rings is 2. The molecule has 5 N–H and O–H groups in total. The van der Waals surface area contributed by atoms with Gasteiger partial charge in [0, 0.05) is 37.0 Å². The van der Waals surface area contributed by atoms with Crippen LogP contribution in [0.15, 0.2) is 71.1 Å². The number of nitrogens with one attached hydrogen (secondary N) is 2. The van der Waals surface area contributed by atoms with Crippen molar-refractivity contribution in [2.24, 2.45) is 5.73 Å². The van der Waals surface area contributed by atoms with E-state index in [2.05, 4.69) is 10.6 Å². The zero-order valence-electron chi connectivity index (χ0n) is 28.3. The Morgan fingerprint density at radius 1 is 1.04 bits per heavy atom. The minimum absolute atomic E-state index is 0.109. The summed E-state index contributed by atoms with van der Waals surface area (Å²) in [6.45, 7) is 10.1. The molecule has 1 aliphatic rings. The van der Waals surface area contributed by atoms with Crippen LogP contribution in [0.4, 0.5) is 0 Å². The number of allylic oxidation sites excluding steroid dienone is 1. The molecule has 0 saturated carbocycles. The molecule has 0 aliphatic carbocycles. The number of methoxy groups -OCH3 is 2. The van der Waals surface area contributed by atoms with Crippen molar-refractivity contribution in [1.29, 1.82) is 0 Å². The van der Waals surface area contributed by atoms with Crippen LogP contribution < -0.4 is 21.1 Å². The number of rotatable bonds is 17. The zero-order chi connectivity index (χ0) is 34.8. The normalized spacial score (nSPS) is 15.1. The van der Waals surface area contributed by atoms with E-state index in [-0.39, 0.29) is 18.8 Å². The second-order valence-electron chi connectivity index (χ2n) is 11.0. The molecule has 1 aliphatic heterocycles. The Balaban J connectivity index is 0.000000353. The maximum atomic E-state index is 12.9. The fraction of sp³-hybridized carbons (Fsp3) is 0.486. The number of ether oxygens (including phenoxy) is 5. The van der Waals surface area contributed by atoms with Gasteiger partial charge in [-0.05, 0) is 49.6 Å². The van der Waals surface area contributed by atoms with E-state index in [9.17, 15) is 14.7 Å². The predicted molar refractivity (Wildman–Crippen MR) is 182 cm³/mol. The largest absolute Gasteiger partial charge is 0.491 e. The summed E-state index contributed by atoms with van der Waals surface area (Å²) in [6.07, 6.45) is 0.410. The monoisotopic (exact) mass is 675 g/mol. The van der Waals surface area contributed by atoms with Crippen LogP contribution in [0.5, 0.6) is 5.75 Å². The highest BCUT2D eigenvalue weighted by molar-refractivity contribution is 6.31. The molecule has 0 aromatic heterocycles. The predicted octanol–water partition coefficient (Wildman–Crippen LogP) is 3.88. The summed E-state index contributed by atoms with van der Waals surface area (Å²) in [7, 11) is 2.99. The SMILES string of the molecule is CCOC(=O)C1=C(COCCN)NC(C)=C(C(=O)OC)C1c1ccccc1Cl.COCCc1ccc(OCC(O)CNC(C)C)cc1. The van der Waals surface area contributed by atoms with Crippen LogP contribution in [0.2, 0.25) is 5.02 Å². The molecule has 2 aromatic carbocycles. The molecule has 260 valence electrons. The lowest BCUT2D eigenvalue weighted by Crippen LogP contribution is -2.35. The number of hydrogen-bond donors (Lipinski definition) is 4. The number of aliphatic hydroxyl groups is 1. The van der Waals surface area contributed by atoms with Crippen molar-refractivity contribution in [2.45, 2.75) is 52.2 Å². The Labute approximate surface area is 283 Å². The molecular weight excluding hydrogens is 626 g/mol. The first-order chi connectivity index (χ1) is 22.6. The summed E-state index contributed by atoms with van der Waals surface area (Å²) in [6, 6.07) is 15.3. The van der Waals surface area contributed by atoms with Gasteiger partial charge in [0.25, 0.3) is 0 Å². The van der Waals surface area contributed by atoms with Crippen molar-refractivity contribution in [3.63, 3.8) is 0 Å². The molecule has 0 radical (unpaired) electrons.